The Balaban J connectivity index is 1.77. The average Bonchev–Trinajstić information content (AvgIpc) is 3.18. The summed E-state index contributed by atoms with van der Waals surface area (Å²) in [5.41, 5.74) is 5.26. The fourth-order valence-corrected chi connectivity index (χ4v) is 4.30. The molecule has 2 atom stereocenters. The maximum Gasteiger partial charge on any atom is 0.328 e. The number of anilines is 1. The van der Waals surface area contributed by atoms with E-state index in [0.29, 0.717) is 12.4 Å². The van der Waals surface area contributed by atoms with Crippen LogP contribution in [0.4, 0.5) is 10.5 Å². The number of allylic oxidation sites excluding steroid dienone is 2. The molecule has 0 aromatic heterocycles. The summed E-state index contributed by atoms with van der Waals surface area (Å²) >= 11 is 0. The lowest BCUT2D eigenvalue weighted by Gasteiger charge is -2.40. The van der Waals surface area contributed by atoms with E-state index in [-0.39, 0.29) is 25.1 Å². The van der Waals surface area contributed by atoms with Crippen molar-refractivity contribution in [3.63, 3.8) is 0 Å². The van der Waals surface area contributed by atoms with Crippen molar-refractivity contribution in [1.82, 2.24) is 14.7 Å². The zero-order valence-corrected chi connectivity index (χ0v) is 17.5. The summed E-state index contributed by atoms with van der Waals surface area (Å²) in [7, 11) is 1.68. The molecule has 3 aliphatic rings. The maximum atomic E-state index is 13.3. The number of guanidine groups is 1. The molecule has 0 radical (unpaired) electrons. The van der Waals surface area contributed by atoms with Gasteiger partial charge in [0, 0.05) is 31.6 Å². The van der Waals surface area contributed by atoms with Crippen LogP contribution in [-0.4, -0.2) is 70.1 Å². The van der Waals surface area contributed by atoms with Gasteiger partial charge in [-0.25, -0.2) is 9.79 Å². The van der Waals surface area contributed by atoms with Gasteiger partial charge in [-0.2, -0.15) is 0 Å². The van der Waals surface area contributed by atoms with Crippen LogP contribution >= 0.6 is 0 Å². The first kappa shape index (κ1) is 19.4. The minimum atomic E-state index is -0.587. The fourth-order valence-electron chi connectivity index (χ4n) is 4.30. The second-order valence-corrected chi connectivity index (χ2v) is 7.91. The van der Waals surface area contributed by atoms with E-state index in [2.05, 4.69) is 30.0 Å². The number of benzene rings is 1. The molecule has 0 spiro atoms. The third-order valence-corrected chi connectivity index (χ3v) is 6.04. The van der Waals surface area contributed by atoms with Crippen LogP contribution in [0, 0.1) is 13.8 Å². The van der Waals surface area contributed by atoms with Gasteiger partial charge in [-0.3, -0.25) is 19.5 Å². The summed E-state index contributed by atoms with van der Waals surface area (Å²) < 4.78 is 0. The molecule has 0 bridgehead atoms. The number of rotatable bonds is 4. The Bertz CT molecular complexity index is 954. The third kappa shape index (κ3) is 2.73. The predicted molar refractivity (Wildman–Crippen MR) is 110 cm³/mol. The lowest BCUT2D eigenvalue weighted by molar-refractivity contribution is -0.136. The highest BCUT2D eigenvalue weighted by atomic mass is 16.3. The largest absolute Gasteiger partial charge is 0.396 e. The molecule has 1 N–H and O–H groups in total. The molecule has 154 valence electrons. The molecule has 1 aromatic rings. The molecular weight excluding hydrogens is 370 g/mol. The number of urea groups is 1. The van der Waals surface area contributed by atoms with E-state index >= 15 is 0 Å². The molecule has 4 rings (SSSR count). The van der Waals surface area contributed by atoms with Crippen LogP contribution in [0.25, 0.3) is 0 Å². The highest BCUT2D eigenvalue weighted by Crippen LogP contribution is 2.41. The van der Waals surface area contributed by atoms with E-state index in [1.807, 2.05) is 25.7 Å². The normalized spacial score (nSPS) is 23.9. The molecule has 0 saturated carbocycles. The van der Waals surface area contributed by atoms with Gasteiger partial charge >= 0.3 is 6.03 Å². The fraction of sp³-hybridized carbons (Fsp3) is 0.476. The monoisotopic (exact) mass is 397 g/mol. The predicted octanol–water partition coefficient (Wildman–Crippen LogP) is 2.02. The highest BCUT2D eigenvalue weighted by molar-refractivity contribution is 6.10. The van der Waals surface area contributed by atoms with Crippen molar-refractivity contribution in [3.8, 4) is 0 Å². The topological polar surface area (TPSA) is 79.7 Å². The van der Waals surface area contributed by atoms with Crippen LogP contribution in [0.2, 0.25) is 0 Å². The standard InChI is InChI=1S/C21H27N5O3/c1-12-7-8-13(2)16(11-12)25-14(3)15(4)26-17-18(22-20(25)26)23(5)21(29)24(19(17)28)9-6-10-27/h7-8,11,17-18,27H,6,9-10H2,1-5H3. The van der Waals surface area contributed by atoms with Crippen LogP contribution in [0.3, 0.4) is 0 Å². The Hall–Kier alpha value is -2.87. The van der Waals surface area contributed by atoms with Gasteiger partial charge in [-0.05, 0) is 51.3 Å². The van der Waals surface area contributed by atoms with Gasteiger partial charge in [0.15, 0.2) is 12.2 Å². The lowest BCUT2D eigenvalue weighted by atomic mass is 10.1. The second kappa shape index (κ2) is 6.88. The van der Waals surface area contributed by atoms with Crippen molar-refractivity contribution in [2.24, 2.45) is 4.99 Å². The zero-order valence-electron chi connectivity index (χ0n) is 17.5. The number of likely N-dealkylation sites (N-methyl/N-ethyl adjacent to an activating group) is 1. The van der Waals surface area contributed by atoms with E-state index in [0.717, 1.165) is 28.2 Å². The average molecular weight is 397 g/mol. The number of imide groups is 1. The summed E-state index contributed by atoms with van der Waals surface area (Å²) in [6.45, 7) is 8.25. The van der Waals surface area contributed by atoms with Crippen molar-refractivity contribution in [3.05, 3.63) is 40.7 Å². The van der Waals surface area contributed by atoms with E-state index in [1.165, 1.54) is 9.80 Å². The summed E-state index contributed by atoms with van der Waals surface area (Å²) in [5, 5.41) is 9.15. The van der Waals surface area contributed by atoms with Gasteiger partial charge in [-0.15, -0.1) is 0 Å². The van der Waals surface area contributed by atoms with Crippen LogP contribution in [-0.2, 0) is 4.79 Å². The maximum absolute atomic E-state index is 13.3. The SMILES string of the molecule is CC1=C(C)N2C(=NC3C2C(=O)N(CCCO)C(=O)N3C)N1c1cc(C)ccc1C. The first-order valence-electron chi connectivity index (χ1n) is 9.89. The summed E-state index contributed by atoms with van der Waals surface area (Å²) in [4.78, 5) is 37.6. The molecule has 8 heteroatoms. The summed E-state index contributed by atoms with van der Waals surface area (Å²) in [5.74, 6) is 0.418. The van der Waals surface area contributed by atoms with E-state index in [1.54, 1.807) is 7.05 Å². The quantitative estimate of drug-likeness (QED) is 0.841. The van der Waals surface area contributed by atoms with Gasteiger partial charge < -0.3 is 10.0 Å². The molecule has 1 saturated heterocycles. The first-order valence-corrected chi connectivity index (χ1v) is 9.89. The molecule has 3 aliphatic heterocycles. The van der Waals surface area contributed by atoms with Crippen molar-refractivity contribution >= 4 is 23.6 Å². The smallest absolute Gasteiger partial charge is 0.328 e. The third-order valence-electron chi connectivity index (χ3n) is 6.04. The molecular formula is C21H27N5O3. The number of aliphatic hydroxyl groups excluding tert-OH is 1. The minimum absolute atomic E-state index is 0.0706. The number of carbonyl (C=O) groups excluding carboxylic acids is 2. The summed E-state index contributed by atoms with van der Waals surface area (Å²) in [6.07, 6.45) is -0.204. The van der Waals surface area contributed by atoms with Crippen LogP contribution < -0.4 is 4.90 Å². The van der Waals surface area contributed by atoms with Crippen molar-refractivity contribution in [2.75, 3.05) is 25.1 Å². The van der Waals surface area contributed by atoms with Crippen LogP contribution in [0.15, 0.2) is 34.6 Å². The van der Waals surface area contributed by atoms with Crippen LogP contribution in [0.5, 0.6) is 0 Å². The van der Waals surface area contributed by atoms with Crippen molar-refractivity contribution in [1.29, 1.82) is 0 Å². The molecule has 8 nitrogen and oxygen atoms in total. The Labute approximate surface area is 170 Å². The Morgan fingerprint density at radius 2 is 1.83 bits per heavy atom. The van der Waals surface area contributed by atoms with E-state index < -0.39 is 12.2 Å². The van der Waals surface area contributed by atoms with E-state index in [9.17, 15) is 9.59 Å². The molecule has 2 unspecified atom stereocenters. The molecule has 1 fully saturated rings. The molecule has 29 heavy (non-hydrogen) atoms. The molecule has 0 aliphatic carbocycles. The number of nitrogens with zero attached hydrogens (tertiary/aromatic N) is 5. The molecule has 3 amide bonds. The number of hydrogen-bond donors (Lipinski definition) is 1. The lowest BCUT2D eigenvalue weighted by Crippen LogP contribution is -2.64. The number of carbonyl (C=O) groups is 2. The number of fused-ring (bicyclic) bond motifs is 3. The number of aryl methyl sites for hydroxylation is 2. The van der Waals surface area contributed by atoms with Gasteiger partial charge in [-0.1, -0.05) is 12.1 Å². The second-order valence-electron chi connectivity index (χ2n) is 7.91. The zero-order chi connectivity index (χ0) is 21.0. The van der Waals surface area contributed by atoms with Gasteiger partial charge in [0.1, 0.15) is 0 Å². The Morgan fingerprint density at radius 1 is 1.10 bits per heavy atom. The molecule has 3 heterocycles. The van der Waals surface area contributed by atoms with Crippen LogP contribution in [0.1, 0.15) is 31.4 Å². The van der Waals surface area contributed by atoms with Gasteiger partial charge in [0.05, 0.1) is 5.69 Å². The number of hydrogen-bond acceptors (Lipinski definition) is 6. The Morgan fingerprint density at radius 3 is 2.52 bits per heavy atom. The molecule has 1 aromatic carbocycles. The Kier molecular flexibility index (Phi) is 4.61. The number of aliphatic hydroxyl groups is 1. The first-order chi connectivity index (χ1) is 13.8. The number of aliphatic imine (C=N–C) groups is 1. The minimum Gasteiger partial charge on any atom is -0.396 e. The van der Waals surface area contributed by atoms with Gasteiger partial charge in [0.25, 0.3) is 5.91 Å². The van der Waals surface area contributed by atoms with Gasteiger partial charge in [0.2, 0.25) is 5.96 Å². The number of amides is 3. The van der Waals surface area contributed by atoms with E-state index in [4.69, 9.17) is 10.1 Å². The van der Waals surface area contributed by atoms with Crippen molar-refractivity contribution < 1.29 is 14.7 Å². The summed E-state index contributed by atoms with van der Waals surface area (Å²) in [6, 6.07) is 5.31. The highest BCUT2D eigenvalue weighted by Gasteiger charge is 2.55. The van der Waals surface area contributed by atoms with Crippen molar-refractivity contribution in [2.45, 2.75) is 46.3 Å².